The van der Waals surface area contributed by atoms with Crippen LogP contribution in [0.25, 0.3) is 33.4 Å². The van der Waals surface area contributed by atoms with E-state index < -0.39 is 17.8 Å². The Hall–Kier alpha value is -6.55. The van der Waals surface area contributed by atoms with Gasteiger partial charge in [0.05, 0.1) is 6.61 Å². The number of imide groups is 1. The summed E-state index contributed by atoms with van der Waals surface area (Å²) in [6.45, 7) is 9.56. The van der Waals surface area contributed by atoms with E-state index in [0.717, 1.165) is 72.5 Å². The summed E-state index contributed by atoms with van der Waals surface area (Å²) in [4.78, 5) is 53.7. The summed E-state index contributed by atoms with van der Waals surface area (Å²) in [7, 11) is 0. The second kappa shape index (κ2) is 16.7. The number of nitrogens with one attached hydrogen (secondary N) is 3. The molecule has 0 bridgehead atoms. The molecule has 4 aromatic heterocycles. The minimum atomic E-state index is -0.578. The fourth-order valence-electron chi connectivity index (χ4n) is 7.27. The van der Waals surface area contributed by atoms with Gasteiger partial charge in [-0.25, -0.2) is 14.2 Å². The topological polar surface area (TPSA) is 184 Å². The Morgan fingerprint density at radius 1 is 0.966 bits per heavy atom. The monoisotopic (exact) mass is 800 g/mol. The van der Waals surface area contributed by atoms with Gasteiger partial charge in [-0.3, -0.25) is 29.9 Å². The molecule has 16 heteroatoms. The van der Waals surface area contributed by atoms with Crippen molar-refractivity contribution in [1.29, 1.82) is 0 Å². The van der Waals surface area contributed by atoms with Gasteiger partial charge in [-0.05, 0) is 74.8 Å². The van der Waals surface area contributed by atoms with E-state index in [0.29, 0.717) is 47.4 Å². The van der Waals surface area contributed by atoms with Gasteiger partial charge < -0.3 is 19.5 Å². The number of aromatic amines is 1. The molecule has 3 N–H and O–H groups in total. The number of carbonyl (C=O) groups excluding carboxylic acids is 3. The predicted octanol–water partition coefficient (Wildman–Crippen LogP) is 6.53. The quantitative estimate of drug-likeness (QED) is 0.114. The van der Waals surface area contributed by atoms with Crippen molar-refractivity contribution in [1.82, 2.24) is 45.8 Å². The lowest BCUT2D eigenvalue weighted by atomic mass is 9.92. The molecule has 0 spiro atoms. The second-order valence-corrected chi connectivity index (χ2v) is 15.9. The van der Waals surface area contributed by atoms with Crippen molar-refractivity contribution in [2.45, 2.75) is 64.3 Å². The Morgan fingerprint density at radius 3 is 2.46 bits per heavy atom. The van der Waals surface area contributed by atoms with Crippen molar-refractivity contribution in [3.05, 3.63) is 102 Å². The van der Waals surface area contributed by atoms with E-state index in [-0.39, 0.29) is 30.2 Å². The number of rotatable bonds is 12. The van der Waals surface area contributed by atoms with Gasteiger partial charge >= 0.3 is 17.8 Å². The lowest BCUT2D eigenvalue weighted by molar-refractivity contribution is -0.120. The summed E-state index contributed by atoms with van der Waals surface area (Å²) in [6.07, 6.45) is 6.89. The summed E-state index contributed by atoms with van der Waals surface area (Å²) in [5.74, 6) is 0.0419. The third-order valence-electron chi connectivity index (χ3n) is 10.7. The molecule has 2 saturated heterocycles. The maximum atomic E-state index is 15.3. The molecule has 4 amide bonds. The van der Waals surface area contributed by atoms with Crippen LogP contribution in [0.2, 0.25) is 0 Å². The first kappa shape index (κ1) is 39.3. The van der Waals surface area contributed by atoms with Crippen LogP contribution >= 0.6 is 0 Å². The fourth-order valence-corrected chi connectivity index (χ4v) is 7.27. The first-order chi connectivity index (χ1) is 28.5. The van der Waals surface area contributed by atoms with Crippen LogP contribution in [0.4, 0.5) is 14.9 Å². The maximum Gasteiger partial charge on any atom is 0.328 e. The SMILES string of the molecule is CC(C)(C)c1noc(C(=O)NCc2ccc(-c3n[nH]c4ncc(-c5ccc(C6CCN(CCCOc7ccc(N8CCC(=O)NC8=O)cc7)CC6)nc5)cc34)cc2F)n1. The van der Waals surface area contributed by atoms with Crippen molar-refractivity contribution < 1.29 is 28.0 Å². The third-order valence-corrected chi connectivity index (χ3v) is 10.7. The van der Waals surface area contributed by atoms with E-state index in [4.69, 9.17) is 14.2 Å². The summed E-state index contributed by atoms with van der Waals surface area (Å²) in [5.41, 5.74) is 5.23. The van der Waals surface area contributed by atoms with Gasteiger partial charge in [-0.1, -0.05) is 44.1 Å². The van der Waals surface area contributed by atoms with Crippen LogP contribution < -0.4 is 20.3 Å². The number of nitrogens with zero attached hydrogens (tertiary/aromatic N) is 7. The third kappa shape index (κ3) is 8.97. The number of hydrogen-bond donors (Lipinski definition) is 3. The molecule has 6 heterocycles. The molecule has 0 atom stereocenters. The summed E-state index contributed by atoms with van der Waals surface area (Å²) < 4.78 is 26.4. The molecule has 2 fully saturated rings. The van der Waals surface area contributed by atoms with E-state index in [9.17, 15) is 14.4 Å². The molecule has 0 saturated carbocycles. The van der Waals surface area contributed by atoms with Gasteiger partial charge in [0.1, 0.15) is 17.3 Å². The number of aromatic nitrogens is 6. The van der Waals surface area contributed by atoms with Crippen molar-refractivity contribution in [2.75, 3.05) is 37.7 Å². The van der Waals surface area contributed by atoms with Crippen LogP contribution in [-0.2, 0) is 16.8 Å². The van der Waals surface area contributed by atoms with E-state index in [1.165, 1.54) is 6.07 Å². The number of pyridine rings is 2. The zero-order valence-corrected chi connectivity index (χ0v) is 33.1. The fraction of sp³-hybridized carbons (Fsp3) is 0.349. The lowest BCUT2D eigenvalue weighted by Gasteiger charge is -2.31. The lowest BCUT2D eigenvalue weighted by Crippen LogP contribution is -2.49. The molecule has 0 aliphatic carbocycles. The summed E-state index contributed by atoms with van der Waals surface area (Å²) >= 11 is 0. The number of anilines is 1. The number of benzene rings is 2. The minimum absolute atomic E-state index is 0.0588. The predicted molar refractivity (Wildman–Crippen MR) is 217 cm³/mol. The molecule has 2 aliphatic rings. The molecule has 8 rings (SSSR count). The molecule has 6 aromatic rings. The summed E-state index contributed by atoms with van der Waals surface area (Å²) in [5, 5.41) is 17.0. The van der Waals surface area contributed by atoms with Crippen molar-refractivity contribution in [3.8, 4) is 28.1 Å². The first-order valence-corrected chi connectivity index (χ1v) is 19.8. The van der Waals surface area contributed by atoms with Crippen LogP contribution in [0.3, 0.4) is 0 Å². The highest BCUT2D eigenvalue weighted by molar-refractivity contribution is 6.05. The number of hydrogen-bond acceptors (Lipinski definition) is 11. The zero-order valence-electron chi connectivity index (χ0n) is 33.1. The molecular weight excluding hydrogens is 756 g/mol. The molecule has 2 aromatic carbocycles. The van der Waals surface area contributed by atoms with Gasteiger partial charge in [0.25, 0.3) is 0 Å². The van der Waals surface area contributed by atoms with E-state index >= 15 is 4.39 Å². The number of urea groups is 1. The number of piperidine rings is 1. The van der Waals surface area contributed by atoms with Gasteiger partial charge in [0.2, 0.25) is 5.91 Å². The minimum Gasteiger partial charge on any atom is -0.494 e. The maximum absolute atomic E-state index is 15.3. The molecule has 59 heavy (non-hydrogen) atoms. The number of H-pyrrole nitrogens is 1. The Balaban J connectivity index is 0.816. The Labute approximate surface area is 339 Å². The average molecular weight is 801 g/mol. The second-order valence-electron chi connectivity index (χ2n) is 15.9. The van der Waals surface area contributed by atoms with Gasteiger partial charge in [0, 0.05) is 88.8 Å². The van der Waals surface area contributed by atoms with E-state index in [2.05, 4.69) is 53.0 Å². The van der Waals surface area contributed by atoms with Crippen molar-refractivity contribution in [2.24, 2.45) is 0 Å². The van der Waals surface area contributed by atoms with Crippen LogP contribution in [0, 0.1) is 5.82 Å². The molecule has 2 aliphatic heterocycles. The van der Waals surface area contributed by atoms with Crippen molar-refractivity contribution >= 4 is 34.6 Å². The highest BCUT2D eigenvalue weighted by Gasteiger charge is 2.26. The highest BCUT2D eigenvalue weighted by Crippen LogP contribution is 2.32. The average Bonchev–Trinajstić information content (AvgIpc) is 3.91. The number of ether oxygens (including phenoxy) is 1. The Kier molecular flexibility index (Phi) is 11.1. The van der Waals surface area contributed by atoms with E-state index in [1.807, 2.05) is 57.3 Å². The van der Waals surface area contributed by atoms with Crippen LogP contribution in [-0.4, -0.2) is 85.8 Å². The smallest absolute Gasteiger partial charge is 0.328 e. The first-order valence-electron chi connectivity index (χ1n) is 19.8. The van der Waals surface area contributed by atoms with Crippen LogP contribution in [0.15, 0.2) is 77.6 Å². The zero-order chi connectivity index (χ0) is 41.1. The number of carbonyl (C=O) groups is 3. The largest absolute Gasteiger partial charge is 0.494 e. The molecule has 0 unspecified atom stereocenters. The summed E-state index contributed by atoms with van der Waals surface area (Å²) in [6, 6.07) is 17.9. The van der Waals surface area contributed by atoms with Crippen molar-refractivity contribution in [3.63, 3.8) is 0 Å². The number of halogens is 1. The van der Waals surface area contributed by atoms with Gasteiger partial charge in [-0.15, -0.1) is 0 Å². The molecule has 304 valence electrons. The van der Waals surface area contributed by atoms with E-state index in [1.54, 1.807) is 23.2 Å². The van der Waals surface area contributed by atoms with Gasteiger partial charge in [0.15, 0.2) is 11.5 Å². The Morgan fingerprint density at radius 2 is 1.75 bits per heavy atom. The standard InChI is InChI=1S/C43H45FN10O5/c1-43(2,3)41-49-40(59-52-41)39(56)47-24-29-6-5-27(22-34(29)44)37-33-21-30(25-46-38(33)51-50-37)28-7-12-35(45-23-28)26-13-17-53(18-14-26)16-4-20-58-32-10-8-31(9-11-32)54-19-15-36(55)48-42(54)57/h5-12,21-23,25-26H,4,13-20,24H2,1-3H3,(H,47,56)(H,46,50,51)(H,48,55,57). The molecule has 0 radical (unpaired) electrons. The highest BCUT2D eigenvalue weighted by atomic mass is 19.1. The molecule has 15 nitrogen and oxygen atoms in total. The van der Waals surface area contributed by atoms with Crippen LogP contribution in [0.5, 0.6) is 5.75 Å². The Bertz CT molecular complexity index is 2470. The number of amides is 4. The number of fused-ring (bicyclic) bond motifs is 1. The molecular formula is C43H45FN10O5. The normalized spacial score (nSPS) is 15.4. The van der Waals surface area contributed by atoms with Gasteiger partial charge in [-0.2, -0.15) is 10.1 Å². The number of likely N-dealkylation sites (tertiary alicyclic amines) is 1. The van der Waals surface area contributed by atoms with Crippen LogP contribution in [0.1, 0.15) is 80.1 Å².